The molecule has 0 saturated carbocycles. The van der Waals surface area contributed by atoms with Crippen molar-refractivity contribution in [3.63, 3.8) is 0 Å². The number of halogens is 1. The van der Waals surface area contributed by atoms with Crippen molar-refractivity contribution in [2.45, 2.75) is 62.3 Å². The molecular formula is C30H43IN2. The topological polar surface area (TPSA) is 6.48 Å². The van der Waals surface area contributed by atoms with Crippen molar-refractivity contribution >= 4 is 34.0 Å². The molecule has 1 saturated heterocycles. The van der Waals surface area contributed by atoms with E-state index in [0.717, 1.165) is 19.8 Å². The summed E-state index contributed by atoms with van der Waals surface area (Å²) >= 11 is 2.39. The molecule has 1 fully saturated rings. The number of anilines is 2. The van der Waals surface area contributed by atoms with E-state index < -0.39 is 0 Å². The minimum absolute atomic E-state index is 0. The second-order valence-corrected chi connectivity index (χ2v) is 11.0. The number of hydrogen-bond donors (Lipinski definition) is 0. The molecule has 4 rings (SSSR count). The van der Waals surface area contributed by atoms with Crippen molar-refractivity contribution in [2.24, 2.45) is 0 Å². The van der Waals surface area contributed by atoms with Crippen LogP contribution in [0, 0.1) is 65.9 Å². The highest BCUT2D eigenvalue weighted by atomic mass is 127. The highest BCUT2D eigenvalue weighted by Crippen LogP contribution is 2.33. The van der Waals surface area contributed by atoms with Gasteiger partial charge in [-0.25, -0.2) is 0 Å². The second-order valence-electron chi connectivity index (χ2n) is 9.88. The first-order chi connectivity index (χ1) is 15.5. The fourth-order valence-corrected chi connectivity index (χ4v) is 5.77. The van der Waals surface area contributed by atoms with Gasteiger partial charge in [0.15, 0.2) is 0 Å². The summed E-state index contributed by atoms with van der Waals surface area (Å²) in [4.78, 5) is 5.06. The van der Waals surface area contributed by atoms with Gasteiger partial charge in [-0.05, 0) is 118 Å². The Kier molecular flexibility index (Phi) is 8.15. The zero-order chi connectivity index (χ0) is 24.4. The van der Waals surface area contributed by atoms with Gasteiger partial charge in [0.1, 0.15) is 0 Å². The Bertz CT molecular complexity index is 1040. The van der Waals surface area contributed by atoms with Crippen molar-refractivity contribution in [3.05, 3.63) is 90.0 Å². The molecule has 0 aliphatic carbocycles. The molecule has 180 valence electrons. The summed E-state index contributed by atoms with van der Waals surface area (Å²) in [6, 6.07) is 13.6. The van der Waals surface area contributed by atoms with Gasteiger partial charge in [0.25, 0.3) is 0 Å². The van der Waals surface area contributed by atoms with E-state index in [1.165, 1.54) is 65.0 Å². The summed E-state index contributed by atoms with van der Waals surface area (Å²) in [6.45, 7) is 22.9. The van der Waals surface area contributed by atoms with Gasteiger partial charge in [-0.2, -0.15) is 0 Å². The van der Waals surface area contributed by atoms with Crippen LogP contribution in [0.1, 0.15) is 52.9 Å². The summed E-state index contributed by atoms with van der Waals surface area (Å²) in [5.41, 5.74) is 15.2. The molecule has 0 amide bonds. The quantitative estimate of drug-likeness (QED) is 0.291. The maximum Gasteiger partial charge on any atom is 0.0904 e. The fourth-order valence-electron chi connectivity index (χ4n) is 5.46. The SMILES string of the molecule is Cc1cc(C)c(I)c(C)c1.Cc1cc(C)c(N2CCN(c3c(C)cc(C)cc3C)C2)c(C)c1.[HH].[HH]. The molecule has 3 heteroatoms. The highest BCUT2D eigenvalue weighted by Gasteiger charge is 2.25. The summed E-state index contributed by atoms with van der Waals surface area (Å²) in [6.07, 6.45) is 0. The molecule has 0 atom stereocenters. The van der Waals surface area contributed by atoms with Crippen LogP contribution in [0.25, 0.3) is 0 Å². The van der Waals surface area contributed by atoms with Gasteiger partial charge in [-0.15, -0.1) is 0 Å². The van der Waals surface area contributed by atoms with Crippen LogP contribution in [0.15, 0.2) is 36.4 Å². The molecule has 0 aromatic heterocycles. The molecule has 1 heterocycles. The standard InChI is InChI=1S/C21H28N2.C9H11I.2H2/c1-14-9-16(3)20(17(4)10-14)22-7-8-23(13-22)21-18(5)11-15(2)12-19(21)6;1-6-4-7(2)9(10)8(3)5-6;;/h9-12H,7-8,13H2,1-6H3;4-5H,1-3H3;2*1H. The van der Waals surface area contributed by atoms with Gasteiger partial charge in [-0.3, -0.25) is 0 Å². The maximum atomic E-state index is 2.53. The molecule has 1 aliphatic heterocycles. The predicted octanol–water partition coefficient (Wildman–Crippen LogP) is 8.53. The largest absolute Gasteiger partial charge is 0.352 e. The van der Waals surface area contributed by atoms with Gasteiger partial charge in [0, 0.05) is 30.9 Å². The van der Waals surface area contributed by atoms with Crippen molar-refractivity contribution in [3.8, 4) is 0 Å². The molecule has 3 aromatic rings. The number of hydrogen-bond acceptors (Lipinski definition) is 2. The van der Waals surface area contributed by atoms with Crippen molar-refractivity contribution < 1.29 is 2.85 Å². The molecular weight excluding hydrogens is 515 g/mol. The number of benzene rings is 3. The van der Waals surface area contributed by atoms with E-state index in [0.29, 0.717) is 0 Å². The van der Waals surface area contributed by atoms with E-state index in [-0.39, 0.29) is 2.85 Å². The summed E-state index contributed by atoms with van der Waals surface area (Å²) in [7, 11) is 0. The Balaban J connectivity index is 0.000000435. The van der Waals surface area contributed by atoms with Crippen LogP contribution in [-0.2, 0) is 0 Å². The smallest absolute Gasteiger partial charge is 0.0904 e. The first kappa shape index (κ1) is 25.6. The average Bonchev–Trinajstić information content (AvgIpc) is 3.14. The number of nitrogens with zero attached hydrogens (tertiary/aromatic N) is 2. The Labute approximate surface area is 218 Å². The third-order valence-corrected chi connectivity index (χ3v) is 8.17. The summed E-state index contributed by atoms with van der Waals surface area (Å²) in [5.74, 6) is 0. The first-order valence-electron chi connectivity index (χ1n) is 11.9. The van der Waals surface area contributed by atoms with E-state index in [1.54, 1.807) is 0 Å². The van der Waals surface area contributed by atoms with Crippen LogP contribution in [0.4, 0.5) is 11.4 Å². The van der Waals surface area contributed by atoms with Gasteiger partial charge >= 0.3 is 0 Å². The Hall–Kier alpha value is -2.01. The Morgan fingerprint density at radius 3 is 1.09 bits per heavy atom. The van der Waals surface area contributed by atoms with Gasteiger partial charge in [0.05, 0.1) is 6.67 Å². The minimum atomic E-state index is 0. The lowest BCUT2D eigenvalue weighted by Crippen LogP contribution is -2.27. The zero-order valence-corrected chi connectivity index (χ0v) is 24.0. The van der Waals surface area contributed by atoms with Crippen LogP contribution < -0.4 is 9.80 Å². The Morgan fingerprint density at radius 2 is 0.788 bits per heavy atom. The lowest BCUT2D eigenvalue weighted by molar-refractivity contribution is 0.930. The third-order valence-electron chi connectivity index (χ3n) is 6.47. The van der Waals surface area contributed by atoms with Crippen LogP contribution in [0.3, 0.4) is 0 Å². The summed E-state index contributed by atoms with van der Waals surface area (Å²) in [5, 5.41) is 0. The van der Waals surface area contributed by atoms with Crippen LogP contribution in [-0.4, -0.2) is 19.8 Å². The van der Waals surface area contributed by atoms with E-state index in [1.807, 2.05) is 0 Å². The average molecular weight is 559 g/mol. The van der Waals surface area contributed by atoms with Crippen molar-refractivity contribution in [2.75, 3.05) is 29.6 Å². The van der Waals surface area contributed by atoms with E-state index in [9.17, 15) is 0 Å². The molecule has 3 aromatic carbocycles. The molecule has 0 spiro atoms. The zero-order valence-electron chi connectivity index (χ0n) is 21.9. The molecule has 0 unspecified atom stereocenters. The Morgan fingerprint density at radius 1 is 0.515 bits per heavy atom. The van der Waals surface area contributed by atoms with Crippen molar-refractivity contribution in [1.82, 2.24) is 0 Å². The van der Waals surface area contributed by atoms with Crippen molar-refractivity contribution in [1.29, 1.82) is 0 Å². The van der Waals surface area contributed by atoms with Crippen LogP contribution >= 0.6 is 22.6 Å². The van der Waals surface area contributed by atoms with E-state index in [4.69, 9.17) is 0 Å². The van der Waals surface area contributed by atoms with Gasteiger partial charge in [0.2, 0.25) is 0 Å². The van der Waals surface area contributed by atoms with Crippen LogP contribution in [0.2, 0.25) is 0 Å². The monoisotopic (exact) mass is 558 g/mol. The lowest BCUT2D eigenvalue weighted by Gasteiger charge is -2.26. The fraction of sp³-hybridized carbons (Fsp3) is 0.400. The molecule has 1 aliphatic rings. The molecule has 0 N–H and O–H groups in total. The predicted molar refractivity (Wildman–Crippen MR) is 158 cm³/mol. The molecule has 33 heavy (non-hydrogen) atoms. The lowest BCUT2D eigenvalue weighted by atomic mass is 10.0. The minimum Gasteiger partial charge on any atom is -0.352 e. The van der Waals surface area contributed by atoms with Gasteiger partial charge < -0.3 is 9.80 Å². The van der Waals surface area contributed by atoms with Crippen LogP contribution in [0.5, 0.6) is 0 Å². The molecule has 0 radical (unpaired) electrons. The van der Waals surface area contributed by atoms with E-state index >= 15 is 0 Å². The highest BCUT2D eigenvalue weighted by molar-refractivity contribution is 14.1. The number of aryl methyl sites for hydroxylation is 9. The molecule has 2 nitrogen and oxygen atoms in total. The second kappa shape index (κ2) is 10.5. The normalized spacial score (nSPS) is 13.3. The third kappa shape index (κ3) is 5.92. The first-order valence-corrected chi connectivity index (χ1v) is 12.9. The molecule has 0 bridgehead atoms. The van der Waals surface area contributed by atoms with E-state index in [2.05, 4.69) is 131 Å². The van der Waals surface area contributed by atoms with Gasteiger partial charge in [-0.1, -0.05) is 53.1 Å². The maximum absolute atomic E-state index is 2.53. The summed E-state index contributed by atoms with van der Waals surface area (Å²) < 4.78 is 1.39. The number of rotatable bonds is 2.